The SMILES string of the molecule is CCCCCCCCCCC/C=C\C/C=C\CCCCCCCCC(O)C(=O)NC(CO)C(O)C(O)CCC/C=C/CCCCCCCCCCCCCCC. The Kier molecular flexibility index (Phi) is 43.5. The van der Waals surface area contributed by atoms with E-state index in [0.29, 0.717) is 12.8 Å². The molecule has 0 radical (unpaired) electrons. The number of hydrogen-bond donors (Lipinski definition) is 5. The summed E-state index contributed by atoms with van der Waals surface area (Å²) in [7, 11) is 0. The molecule has 330 valence electrons. The first-order chi connectivity index (χ1) is 27.5. The molecule has 6 nitrogen and oxygen atoms in total. The molecule has 4 atom stereocenters. The molecule has 0 fully saturated rings. The number of carbonyl (C=O) groups excluding carboxylic acids is 1. The Morgan fingerprint density at radius 1 is 0.446 bits per heavy atom. The van der Waals surface area contributed by atoms with Gasteiger partial charge in [0.05, 0.1) is 18.8 Å². The maximum Gasteiger partial charge on any atom is 0.249 e. The minimum Gasteiger partial charge on any atom is -0.394 e. The van der Waals surface area contributed by atoms with E-state index in [1.165, 1.54) is 161 Å². The number of rotatable bonds is 44. The smallest absolute Gasteiger partial charge is 0.249 e. The summed E-state index contributed by atoms with van der Waals surface area (Å²) in [6.45, 7) is 4.05. The molecule has 0 aliphatic rings. The van der Waals surface area contributed by atoms with Gasteiger partial charge in [0, 0.05) is 0 Å². The molecular formula is C50H95NO5. The van der Waals surface area contributed by atoms with Crippen molar-refractivity contribution < 1.29 is 25.2 Å². The van der Waals surface area contributed by atoms with Gasteiger partial charge >= 0.3 is 0 Å². The van der Waals surface area contributed by atoms with E-state index in [1.807, 2.05) is 0 Å². The molecule has 56 heavy (non-hydrogen) atoms. The van der Waals surface area contributed by atoms with E-state index in [0.717, 1.165) is 57.8 Å². The molecule has 6 heteroatoms. The van der Waals surface area contributed by atoms with Gasteiger partial charge in [-0.15, -0.1) is 0 Å². The first-order valence-electron chi connectivity index (χ1n) is 24.4. The zero-order valence-electron chi connectivity index (χ0n) is 37.1. The van der Waals surface area contributed by atoms with Crippen LogP contribution in [0.1, 0.15) is 245 Å². The highest BCUT2D eigenvalue weighted by atomic mass is 16.3. The highest BCUT2D eigenvalue weighted by Crippen LogP contribution is 2.16. The lowest BCUT2D eigenvalue weighted by Gasteiger charge is -2.27. The standard InChI is InChI=1S/C50H95NO5/c1-3-5-7-9-11-13-15-17-19-21-23-24-25-26-28-30-32-34-36-38-40-42-44-48(54)50(56)51-46(45-52)49(55)47(53)43-41-39-37-35-33-31-29-27-22-20-18-16-14-12-10-8-6-4-2/h23-24,26,28,35,37,46-49,52-55H,3-22,25,27,29-34,36,38-45H2,1-2H3,(H,51,56)/b24-23-,28-26-,37-35+. The quantitative estimate of drug-likeness (QED) is 0.0312. The van der Waals surface area contributed by atoms with Gasteiger partial charge in [0.25, 0.3) is 0 Å². The predicted molar refractivity (Wildman–Crippen MR) is 242 cm³/mol. The highest BCUT2D eigenvalue weighted by molar-refractivity contribution is 5.80. The Labute approximate surface area is 347 Å². The van der Waals surface area contributed by atoms with Crippen molar-refractivity contribution in [3.05, 3.63) is 36.5 Å². The predicted octanol–water partition coefficient (Wildman–Crippen LogP) is 13.3. The van der Waals surface area contributed by atoms with Gasteiger partial charge in [-0.1, -0.05) is 211 Å². The lowest BCUT2D eigenvalue weighted by Crippen LogP contribution is -2.53. The minimum atomic E-state index is -1.29. The molecule has 0 aromatic rings. The summed E-state index contributed by atoms with van der Waals surface area (Å²) in [6, 6.07) is -1.01. The van der Waals surface area contributed by atoms with E-state index >= 15 is 0 Å². The fraction of sp³-hybridized carbons (Fsp3) is 0.860. The van der Waals surface area contributed by atoms with Crippen LogP contribution in [0.2, 0.25) is 0 Å². The van der Waals surface area contributed by atoms with Crippen molar-refractivity contribution in [2.45, 2.75) is 269 Å². The first kappa shape index (κ1) is 54.5. The normalized spacial score (nSPS) is 14.3. The van der Waals surface area contributed by atoms with Crippen LogP contribution < -0.4 is 5.32 Å². The van der Waals surface area contributed by atoms with Crippen LogP contribution in [0.3, 0.4) is 0 Å². The summed E-state index contributed by atoms with van der Waals surface area (Å²) in [5, 5.41) is 43.8. The van der Waals surface area contributed by atoms with E-state index in [4.69, 9.17) is 0 Å². The Hall–Kier alpha value is -1.47. The van der Waals surface area contributed by atoms with Crippen molar-refractivity contribution >= 4 is 5.91 Å². The van der Waals surface area contributed by atoms with Crippen LogP contribution in [0, 0.1) is 0 Å². The highest BCUT2D eigenvalue weighted by Gasteiger charge is 2.28. The molecule has 0 aromatic heterocycles. The van der Waals surface area contributed by atoms with E-state index in [2.05, 4.69) is 55.6 Å². The molecule has 0 bridgehead atoms. The second-order valence-electron chi connectivity index (χ2n) is 16.8. The van der Waals surface area contributed by atoms with Crippen molar-refractivity contribution in [2.24, 2.45) is 0 Å². The summed E-state index contributed by atoms with van der Waals surface area (Å²) in [5.74, 6) is -0.600. The van der Waals surface area contributed by atoms with Gasteiger partial charge in [0.15, 0.2) is 0 Å². The maximum absolute atomic E-state index is 12.5. The zero-order valence-corrected chi connectivity index (χ0v) is 37.1. The van der Waals surface area contributed by atoms with E-state index in [9.17, 15) is 25.2 Å². The number of amides is 1. The minimum absolute atomic E-state index is 0.351. The van der Waals surface area contributed by atoms with Crippen LogP contribution in [0.25, 0.3) is 0 Å². The van der Waals surface area contributed by atoms with Crippen molar-refractivity contribution in [1.82, 2.24) is 5.32 Å². The molecule has 0 aromatic carbocycles. The zero-order chi connectivity index (χ0) is 41.0. The fourth-order valence-corrected chi connectivity index (χ4v) is 7.44. The van der Waals surface area contributed by atoms with Crippen molar-refractivity contribution in [1.29, 1.82) is 0 Å². The van der Waals surface area contributed by atoms with Crippen molar-refractivity contribution in [3.63, 3.8) is 0 Å². The molecule has 0 saturated carbocycles. The van der Waals surface area contributed by atoms with E-state index in [1.54, 1.807) is 0 Å². The Bertz CT molecular complexity index is 889. The molecule has 0 saturated heterocycles. The monoisotopic (exact) mass is 790 g/mol. The van der Waals surface area contributed by atoms with Gasteiger partial charge in [0.2, 0.25) is 5.91 Å². The molecule has 0 heterocycles. The topological polar surface area (TPSA) is 110 Å². The van der Waals surface area contributed by atoms with Crippen molar-refractivity contribution in [2.75, 3.05) is 6.61 Å². The van der Waals surface area contributed by atoms with Gasteiger partial charge < -0.3 is 25.7 Å². The van der Waals surface area contributed by atoms with Crippen LogP contribution in [-0.4, -0.2) is 57.3 Å². The van der Waals surface area contributed by atoms with Crippen molar-refractivity contribution in [3.8, 4) is 0 Å². The van der Waals surface area contributed by atoms with Crippen LogP contribution in [-0.2, 0) is 4.79 Å². The summed E-state index contributed by atoms with van der Waals surface area (Å²) < 4.78 is 0. The fourth-order valence-electron chi connectivity index (χ4n) is 7.44. The maximum atomic E-state index is 12.5. The molecule has 4 unspecified atom stereocenters. The summed E-state index contributed by atoms with van der Waals surface area (Å²) >= 11 is 0. The number of hydrogen-bond acceptors (Lipinski definition) is 5. The van der Waals surface area contributed by atoms with Crippen LogP contribution in [0.15, 0.2) is 36.5 Å². The molecule has 0 spiro atoms. The average molecular weight is 790 g/mol. The Morgan fingerprint density at radius 3 is 1.18 bits per heavy atom. The third kappa shape index (κ3) is 38.1. The Morgan fingerprint density at radius 2 is 0.786 bits per heavy atom. The molecule has 0 aliphatic heterocycles. The van der Waals surface area contributed by atoms with Crippen LogP contribution >= 0.6 is 0 Å². The second-order valence-corrected chi connectivity index (χ2v) is 16.8. The number of aliphatic hydroxyl groups is 4. The van der Waals surface area contributed by atoms with Gasteiger partial charge in [-0.2, -0.15) is 0 Å². The summed E-state index contributed by atoms with van der Waals surface area (Å²) in [4.78, 5) is 12.5. The molecule has 0 aliphatic carbocycles. The first-order valence-corrected chi connectivity index (χ1v) is 24.4. The molecule has 1 amide bonds. The van der Waals surface area contributed by atoms with Gasteiger partial charge in [-0.3, -0.25) is 4.79 Å². The summed E-state index contributed by atoms with van der Waals surface area (Å²) in [6.07, 6.45) is 53.3. The van der Waals surface area contributed by atoms with E-state index < -0.39 is 36.9 Å². The van der Waals surface area contributed by atoms with Crippen LogP contribution in [0.5, 0.6) is 0 Å². The number of nitrogens with one attached hydrogen (secondary N) is 1. The molecule has 0 rings (SSSR count). The summed E-state index contributed by atoms with van der Waals surface area (Å²) in [5.41, 5.74) is 0. The van der Waals surface area contributed by atoms with Crippen LogP contribution in [0.4, 0.5) is 0 Å². The number of aliphatic hydroxyl groups excluding tert-OH is 4. The number of unbranched alkanes of at least 4 members (excludes halogenated alkanes) is 29. The van der Waals surface area contributed by atoms with E-state index in [-0.39, 0.29) is 0 Å². The van der Waals surface area contributed by atoms with Gasteiger partial charge in [-0.25, -0.2) is 0 Å². The number of carbonyl (C=O) groups is 1. The second kappa shape index (κ2) is 44.6. The van der Waals surface area contributed by atoms with Gasteiger partial charge in [0.1, 0.15) is 12.2 Å². The largest absolute Gasteiger partial charge is 0.394 e. The lowest BCUT2D eigenvalue weighted by atomic mass is 10.00. The third-order valence-electron chi connectivity index (χ3n) is 11.3. The molecule has 5 N–H and O–H groups in total. The average Bonchev–Trinajstić information content (AvgIpc) is 3.20. The Balaban J connectivity index is 3.76. The third-order valence-corrected chi connectivity index (χ3v) is 11.3. The van der Waals surface area contributed by atoms with Gasteiger partial charge in [-0.05, 0) is 70.6 Å². The molecular weight excluding hydrogens is 695 g/mol. The number of allylic oxidation sites excluding steroid dienone is 6. The lowest BCUT2D eigenvalue weighted by molar-refractivity contribution is -0.132.